The van der Waals surface area contributed by atoms with Crippen LogP contribution >= 0.6 is 16.4 Å². The Balaban J connectivity index is 0.00000128. The molecule has 0 radical (unpaired) electrons. The predicted molar refractivity (Wildman–Crippen MR) is 71.2 cm³/mol. The van der Waals surface area contributed by atoms with Crippen LogP contribution in [0.4, 0.5) is 0 Å². The standard InChI is InChI=1S/2C6H8P.Sc.H/c2*1-5-3-7-4-6(5)2;;/h2*3,7H,1-2H3;;/q;;+1;-1. The fourth-order valence-corrected chi connectivity index (χ4v) is 9.03. The van der Waals surface area contributed by atoms with Gasteiger partial charge in [0.05, 0.1) is 0 Å². The predicted octanol–water partition coefficient (Wildman–Crippen LogP) is 3.13. The molecule has 0 fully saturated rings. The minimum Gasteiger partial charge on any atom is -1.00 e. The molecule has 2 rings (SSSR count). The third-order valence-electron chi connectivity index (χ3n) is 3.17. The summed E-state index contributed by atoms with van der Waals surface area (Å²) in [4.78, 5) is 0. The first kappa shape index (κ1) is 11.9. The van der Waals surface area contributed by atoms with Crippen LogP contribution in [0, 0.1) is 27.7 Å². The molecule has 0 N–H and O–H groups in total. The zero-order valence-electron chi connectivity index (χ0n) is 10.7. The molecule has 0 aliphatic heterocycles. The van der Waals surface area contributed by atoms with E-state index >= 15 is 0 Å². The van der Waals surface area contributed by atoms with Crippen LogP contribution in [-0.4, -0.2) is 0 Å². The molecule has 15 heavy (non-hydrogen) atoms. The molecule has 2 atom stereocenters. The van der Waals surface area contributed by atoms with Crippen molar-refractivity contribution in [1.29, 1.82) is 0 Å². The molecule has 0 nitrogen and oxygen atoms in total. The van der Waals surface area contributed by atoms with Crippen molar-refractivity contribution in [3.05, 3.63) is 33.9 Å². The number of hydrogen-bond donors (Lipinski definition) is 0. The maximum Gasteiger partial charge on any atom is -1.00 e. The van der Waals surface area contributed by atoms with E-state index in [1.807, 2.05) is 6.10 Å². The summed E-state index contributed by atoms with van der Waals surface area (Å²) >= 11 is -0.281. The molecule has 78 valence electrons. The van der Waals surface area contributed by atoms with Crippen molar-refractivity contribution in [3.8, 4) is 0 Å². The summed E-state index contributed by atoms with van der Waals surface area (Å²) in [6.07, 6.45) is 0. The summed E-state index contributed by atoms with van der Waals surface area (Å²) in [5, 5.41) is 0. The van der Waals surface area contributed by atoms with Crippen LogP contribution in [0.15, 0.2) is 11.6 Å². The van der Waals surface area contributed by atoms with Gasteiger partial charge in [0.2, 0.25) is 0 Å². The first-order chi connectivity index (χ1) is 7.09. The SMILES string of the molecule is Cc1c[pH][c]([Sc+][c]2[pH]cc(C)c2C)c1C.[H-]. The van der Waals surface area contributed by atoms with E-state index in [0.29, 0.717) is 0 Å². The Morgan fingerprint density at radius 1 is 0.867 bits per heavy atom. The molecule has 0 aliphatic carbocycles. The minimum atomic E-state index is -0.281. The number of rotatable bonds is 2. The second-order valence-corrected chi connectivity index (χ2v) is 10.5. The van der Waals surface area contributed by atoms with Crippen molar-refractivity contribution >= 4 is 22.5 Å². The van der Waals surface area contributed by atoms with E-state index in [9.17, 15) is 0 Å². The van der Waals surface area contributed by atoms with Crippen LogP contribution in [-0.2, 0) is 22.9 Å². The third-order valence-corrected chi connectivity index (χ3v) is 10.7. The van der Waals surface area contributed by atoms with Gasteiger partial charge < -0.3 is 1.43 Å². The Kier molecular flexibility index (Phi) is 3.76. The molecule has 0 aliphatic rings. The second kappa shape index (κ2) is 4.74. The molecule has 0 saturated heterocycles. The first-order valence-corrected chi connectivity index (χ1v) is 9.19. The normalized spacial score (nSPS) is 11.5. The maximum absolute atomic E-state index is 2.43. The Labute approximate surface area is 108 Å². The number of hydrogen-bond acceptors (Lipinski definition) is 0. The van der Waals surface area contributed by atoms with Gasteiger partial charge in [-0.1, -0.05) is 0 Å². The van der Waals surface area contributed by atoms with Crippen LogP contribution in [0.5, 0.6) is 0 Å². The van der Waals surface area contributed by atoms with Gasteiger partial charge in [0.25, 0.3) is 0 Å². The fourth-order valence-electron chi connectivity index (χ4n) is 1.67. The van der Waals surface area contributed by atoms with Gasteiger partial charge >= 0.3 is 107 Å². The van der Waals surface area contributed by atoms with Gasteiger partial charge in [-0.15, -0.1) is 0 Å². The monoisotopic (exact) mass is 268 g/mol. The average Bonchev–Trinajstić information content (AvgIpc) is 2.68. The van der Waals surface area contributed by atoms with Gasteiger partial charge in [-0.05, 0) is 0 Å². The molecule has 2 unspecified atom stereocenters. The second-order valence-electron chi connectivity index (χ2n) is 4.17. The van der Waals surface area contributed by atoms with E-state index in [1.165, 1.54) is 11.1 Å². The molecule has 0 bridgehead atoms. The molecule has 2 aromatic heterocycles. The molecule has 0 saturated carbocycles. The number of aryl methyl sites for hydroxylation is 2. The summed E-state index contributed by atoms with van der Waals surface area (Å²) < 4.78 is 3.64. The zero-order valence-corrected chi connectivity index (χ0v) is 13.5. The molecular weight excluding hydrogens is 251 g/mol. The van der Waals surface area contributed by atoms with Crippen molar-refractivity contribution in [2.45, 2.75) is 27.7 Å². The molecule has 0 amide bonds. The minimum absolute atomic E-state index is 0. The van der Waals surface area contributed by atoms with Gasteiger partial charge in [0, 0.05) is 0 Å². The van der Waals surface area contributed by atoms with Crippen molar-refractivity contribution in [2.24, 2.45) is 0 Å². The van der Waals surface area contributed by atoms with Gasteiger partial charge in [-0.3, -0.25) is 0 Å². The van der Waals surface area contributed by atoms with Crippen LogP contribution < -0.4 is 6.10 Å². The summed E-state index contributed by atoms with van der Waals surface area (Å²) in [5.41, 5.74) is 6.29. The van der Waals surface area contributed by atoms with Crippen molar-refractivity contribution in [1.82, 2.24) is 0 Å². The fraction of sp³-hybridized carbons (Fsp3) is 0.333. The van der Waals surface area contributed by atoms with E-state index in [0.717, 1.165) is 16.4 Å². The zero-order chi connectivity index (χ0) is 11.0. The topological polar surface area (TPSA) is 0 Å². The van der Waals surface area contributed by atoms with Crippen LogP contribution in [0.1, 0.15) is 23.7 Å². The summed E-state index contributed by atoms with van der Waals surface area (Å²) in [7, 11) is 2.01. The quantitative estimate of drug-likeness (QED) is 0.785. The van der Waals surface area contributed by atoms with Gasteiger partial charge in [-0.2, -0.15) is 0 Å². The molecule has 2 aromatic rings. The summed E-state index contributed by atoms with van der Waals surface area (Å²) in [6.45, 7) is 9.14. The summed E-state index contributed by atoms with van der Waals surface area (Å²) in [6, 6.07) is 0. The van der Waals surface area contributed by atoms with Crippen molar-refractivity contribution in [2.75, 3.05) is 0 Å². The molecule has 0 spiro atoms. The average molecular weight is 268 g/mol. The largest absolute Gasteiger partial charge is 1.00 e. The van der Waals surface area contributed by atoms with E-state index < -0.39 is 0 Å². The molecule has 3 heteroatoms. The first-order valence-electron chi connectivity index (χ1n) is 5.23. The smallest absolute Gasteiger partial charge is 1.00 e. The van der Waals surface area contributed by atoms with Gasteiger partial charge in [-0.25, -0.2) is 0 Å². The summed E-state index contributed by atoms with van der Waals surface area (Å²) in [5.74, 6) is 4.85. The third kappa shape index (κ3) is 2.41. The Hall–Kier alpha value is 0.430. The Bertz CT molecular complexity index is 441. The molecular formula is C12H17P2Sc. The molecule has 2 heterocycles. The molecule has 0 aromatic carbocycles. The maximum atomic E-state index is 2.43. The van der Waals surface area contributed by atoms with E-state index in [2.05, 4.69) is 39.3 Å². The Morgan fingerprint density at radius 3 is 1.53 bits per heavy atom. The van der Waals surface area contributed by atoms with E-state index in [1.54, 1.807) is 11.1 Å². The van der Waals surface area contributed by atoms with Gasteiger partial charge in [0.1, 0.15) is 0 Å². The van der Waals surface area contributed by atoms with E-state index in [4.69, 9.17) is 0 Å². The van der Waals surface area contributed by atoms with E-state index in [-0.39, 0.29) is 24.3 Å². The van der Waals surface area contributed by atoms with Crippen LogP contribution in [0.25, 0.3) is 0 Å². The van der Waals surface area contributed by atoms with Gasteiger partial charge in [0.15, 0.2) is 0 Å². The van der Waals surface area contributed by atoms with Crippen LogP contribution in [0.2, 0.25) is 0 Å². The van der Waals surface area contributed by atoms with Crippen LogP contribution in [0.3, 0.4) is 0 Å². The van der Waals surface area contributed by atoms with Crippen molar-refractivity contribution in [3.63, 3.8) is 0 Å². The van der Waals surface area contributed by atoms with Crippen molar-refractivity contribution < 1.29 is 24.3 Å². The Morgan fingerprint density at radius 2 is 1.27 bits per heavy atom.